The molecule has 0 aliphatic carbocycles. The van der Waals surface area contributed by atoms with Crippen molar-refractivity contribution in [2.45, 2.75) is 24.3 Å². The van der Waals surface area contributed by atoms with Gasteiger partial charge < -0.3 is 5.32 Å². The maximum atomic E-state index is 7.49. The molecule has 2 aromatic heterocycles. The number of thiophene rings is 1. The molecule has 3 aromatic rings. The Labute approximate surface area is 156 Å². The zero-order valence-corrected chi connectivity index (χ0v) is 15.7. The highest BCUT2D eigenvalue weighted by Gasteiger charge is 2.16. The van der Waals surface area contributed by atoms with Crippen LogP contribution >= 0.6 is 23.1 Å². The van der Waals surface area contributed by atoms with E-state index in [2.05, 4.69) is 51.3 Å². The molecule has 0 spiro atoms. The number of aromatic nitrogens is 2. The summed E-state index contributed by atoms with van der Waals surface area (Å²) in [6.07, 6.45) is 1.03. The summed E-state index contributed by atoms with van der Waals surface area (Å²) >= 11 is 3.17. The molecule has 4 nitrogen and oxygen atoms in total. The maximum Gasteiger partial charge on any atom is 0.254 e. The van der Waals surface area contributed by atoms with Crippen molar-refractivity contribution in [3.8, 4) is 10.6 Å². The Morgan fingerprint density at radius 3 is 2.72 bits per heavy atom. The summed E-state index contributed by atoms with van der Waals surface area (Å²) in [7, 11) is 1.79. The number of nitrogens with one attached hydrogen (secondary N) is 1. The van der Waals surface area contributed by atoms with Crippen molar-refractivity contribution in [2.75, 3.05) is 12.4 Å². The van der Waals surface area contributed by atoms with Gasteiger partial charge in [0.15, 0.2) is 5.16 Å². The number of hydrogen-bond acceptors (Lipinski definition) is 5. The maximum absolute atomic E-state index is 7.49. The fourth-order valence-corrected chi connectivity index (χ4v) is 3.95. The molecule has 3 rings (SSSR count). The third-order valence-corrected chi connectivity index (χ3v) is 5.53. The topological polar surface area (TPSA) is 42.2 Å². The van der Waals surface area contributed by atoms with Crippen LogP contribution in [0, 0.1) is 6.57 Å². The Hall–Kier alpha value is -2.36. The zero-order chi connectivity index (χ0) is 17.6. The van der Waals surface area contributed by atoms with Gasteiger partial charge in [0.05, 0.1) is 12.3 Å². The average Bonchev–Trinajstić information content (AvgIpc) is 3.20. The van der Waals surface area contributed by atoms with E-state index in [0.717, 1.165) is 17.1 Å². The van der Waals surface area contributed by atoms with E-state index in [9.17, 15) is 0 Å². The molecule has 2 heterocycles. The highest BCUT2D eigenvalue weighted by molar-refractivity contribution is 7.98. The lowest BCUT2D eigenvalue weighted by atomic mass is 10.1. The van der Waals surface area contributed by atoms with Crippen molar-refractivity contribution in [3.63, 3.8) is 0 Å². The summed E-state index contributed by atoms with van der Waals surface area (Å²) in [6, 6.07) is 12.5. The number of anilines is 1. The minimum absolute atomic E-state index is 0.474. The average molecular weight is 367 g/mol. The van der Waals surface area contributed by atoms with Crippen LogP contribution in [0.1, 0.15) is 18.1 Å². The first kappa shape index (κ1) is 17.5. The van der Waals surface area contributed by atoms with Crippen molar-refractivity contribution in [1.29, 1.82) is 0 Å². The second-order valence-corrected chi connectivity index (χ2v) is 7.24. The number of hydrogen-bond donors (Lipinski definition) is 1. The number of rotatable bonds is 6. The van der Waals surface area contributed by atoms with E-state index in [1.165, 1.54) is 11.1 Å². The van der Waals surface area contributed by atoms with Crippen molar-refractivity contribution in [3.05, 3.63) is 64.3 Å². The SMILES string of the molecule is [C-]#[N+]c1c(NC)nc(SCc2cccc(CC)c2)nc1-c1cccs1. The van der Waals surface area contributed by atoms with Gasteiger partial charge in [0.25, 0.3) is 5.69 Å². The lowest BCUT2D eigenvalue weighted by Gasteiger charge is -2.10. The van der Waals surface area contributed by atoms with Crippen LogP contribution in [0.25, 0.3) is 15.4 Å². The summed E-state index contributed by atoms with van der Waals surface area (Å²) in [5.74, 6) is 1.39. The Morgan fingerprint density at radius 1 is 1.20 bits per heavy atom. The van der Waals surface area contributed by atoms with Gasteiger partial charge in [-0.2, -0.15) is 0 Å². The Morgan fingerprint density at radius 2 is 2.04 bits per heavy atom. The third kappa shape index (κ3) is 4.01. The molecular formula is C19H18N4S2. The van der Waals surface area contributed by atoms with E-state index in [1.54, 1.807) is 30.1 Å². The van der Waals surface area contributed by atoms with Gasteiger partial charge in [-0.3, -0.25) is 0 Å². The van der Waals surface area contributed by atoms with Crippen LogP contribution in [0.2, 0.25) is 0 Å². The molecule has 25 heavy (non-hydrogen) atoms. The van der Waals surface area contributed by atoms with Crippen molar-refractivity contribution >= 4 is 34.6 Å². The molecular weight excluding hydrogens is 348 g/mol. The molecule has 0 atom stereocenters. The normalized spacial score (nSPS) is 10.4. The number of thioether (sulfide) groups is 1. The van der Waals surface area contributed by atoms with Gasteiger partial charge in [-0.1, -0.05) is 49.0 Å². The summed E-state index contributed by atoms with van der Waals surface area (Å²) in [5, 5.41) is 5.71. The standard InChI is InChI=1S/C19H18N4S2/c1-4-13-7-5-8-14(11-13)12-25-19-22-16(15-9-6-10-24-15)17(20-2)18(21-3)23-19/h5-11H,4,12H2,1,3H3,(H,21,22,23). The number of aryl methyl sites for hydroxylation is 1. The Bertz CT molecular complexity index is 898. The second-order valence-electron chi connectivity index (χ2n) is 5.35. The monoisotopic (exact) mass is 366 g/mol. The van der Waals surface area contributed by atoms with E-state index in [0.29, 0.717) is 22.4 Å². The predicted octanol–water partition coefficient (Wildman–Crippen LogP) is 5.65. The molecule has 0 saturated carbocycles. The van der Waals surface area contributed by atoms with Crippen molar-refractivity contribution < 1.29 is 0 Å². The van der Waals surface area contributed by atoms with Gasteiger partial charge in [0, 0.05) is 17.7 Å². The fourth-order valence-electron chi connectivity index (χ4n) is 2.45. The lowest BCUT2D eigenvalue weighted by molar-refractivity contribution is 0.981. The third-order valence-electron chi connectivity index (χ3n) is 3.73. The fraction of sp³-hybridized carbons (Fsp3) is 0.211. The van der Waals surface area contributed by atoms with Gasteiger partial charge in [0.1, 0.15) is 5.82 Å². The molecule has 0 aliphatic heterocycles. The van der Waals surface area contributed by atoms with Crippen LogP contribution < -0.4 is 5.32 Å². The van der Waals surface area contributed by atoms with Crippen LogP contribution in [0.4, 0.5) is 11.5 Å². The highest BCUT2D eigenvalue weighted by atomic mass is 32.2. The first-order valence-electron chi connectivity index (χ1n) is 7.97. The lowest BCUT2D eigenvalue weighted by Crippen LogP contribution is -1.99. The summed E-state index contributed by atoms with van der Waals surface area (Å²) in [5.41, 5.74) is 3.76. The molecule has 0 saturated heterocycles. The van der Waals surface area contributed by atoms with Gasteiger partial charge in [-0.25, -0.2) is 14.8 Å². The molecule has 1 aromatic carbocycles. The second kappa shape index (κ2) is 8.15. The zero-order valence-electron chi connectivity index (χ0n) is 14.1. The number of benzene rings is 1. The van der Waals surface area contributed by atoms with Crippen LogP contribution in [0.5, 0.6) is 0 Å². The Kier molecular flexibility index (Phi) is 5.69. The molecule has 6 heteroatoms. The van der Waals surface area contributed by atoms with E-state index in [-0.39, 0.29) is 0 Å². The van der Waals surface area contributed by atoms with Crippen LogP contribution in [0.15, 0.2) is 46.9 Å². The highest BCUT2D eigenvalue weighted by Crippen LogP contribution is 2.38. The van der Waals surface area contributed by atoms with Gasteiger partial charge in [-0.05, 0) is 29.0 Å². The van der Waals surface area contributed by atoms with Crippen LogP contribution in [-0.4, -0.2) is 17.0 Å². The minimum atomic E-state index is 0.474. The molecule has 0 radical (unpaired) electrons. The quantitative estimate of drug-likeness (QED) is 0.348. The first-order chi connectivity index (χ1) is 12.2. The van der Waals surface area contributed by atoms with Crippen molar-refractivity contribution in [1.82, 2.24) is 9.97 Å². The van der Waals surface area contributed by atoms with E-state index >= 15 is 0 Å². The van der Waals surface area contributed by atoms with Crippen LogP contribution in [-0.2, 0) is 12.2 Å². The molecule has 0 bridgehead atoms. The smallest absolute Gasteiger partial charge is 0.254 e. The molecule has 0 amide bonds. The molecule has 0 fully saturated rings. The molecule has 126 valence electrons. The minimum Gasteiger partial charge on any atom is -0.382 e. The summed E-state index contributed by atoms with van der Waals surface area (Å²) in [6.45, 7) is 9.64. The van der Waals surface area contributed by atoms with E-state index < -0.39 is 0 Å². The molecule has 0 aliphatic rings. The van der Waals surface area contributed by atoms with Crippen LogP contribution in [0.3, 0.4) is 0 Å². The summed E-state index contributed by atoms with van der Waals surface area (Å²) in [4.78, 5) is 13.8. The number of nitrogens with zero attached hydrogens (tertiary/aromatic N) is 3. The Balaban J connectivity index is 1.91. The molecule has 0 unspecified atom stereocenters. The predicted molar refractivity (Wildman–Crippen MR) is 107 cm³/mol. The molecule has 1 N–H and O–H groups in total. The first-order valence-corrected chi connectivity index (χ1v) is 9.83. The largest absolute Gasteiger partial charge is 0.382 e. The van der Waals surface area contributed by atoms with Crippen molar-refractivity contribution in [2.24, 2.45) is 0 Å². The van der Waals surface area contributed by atoms with Gasteiger partial charge in [-0.15, -0.1) is 11.3 Å². The van der Waals surface area contributed by atoms with Gasteiger partial charge >= 0.3 is 0 Å². The summed E-state index contributed by atoms with van der Waals surface area (Å²) < 4.78 is 0. The van der Waals surface area contributed by atoms with Gasteiger partial charge in [0.2, 0.25) is 0 Å². The van der Waals surface area contributed by atoms with E-state index in [1.807, 2.05) is 17.5 Å². The van der Waals surface area contributed by atoms with E-state index in [4.69, 9.17) is 6.57 Å².